The highest BCUT2D eigenvalue weighted by Crippen LogP contribution is 2.26. The molecule has 7 nitrogen and oxygen atoms in total. The Bertz CT molecular complexity index is 1260. The number of amides is 1. The van der Waals surface area contributed by atoms with E-state index in [1.807, 2.05) is 24.3 Å². The number of nitrogens with one attached hydrogen (secondary N) is 2. The van der Waals surface area contributed by atoms with Gasteiger partial charge < -0.3 is 10.6 Å². The third-order valence-electron chi connectivity index (χ3n) is 5.95. The number of hydrogen-bond donors (Lipinski definition) is 2. The maximum atomic E-state index is 12.8. The van der Waals surface area contributed by atoms with Crippen molar-refractivity contribution in [3.8, 4) is 0 Å². The van der Waals surface area contributed by atoms with Gasteiger partial charge in [0.05, 0.1) is 10.4 Å². The summed E-state index contributed by atoms with van der Waals surface area (Å²) in [7, 11) is -3.57. The smallest absolute Gasteiger partial charge is 0.243 e. The van der Waals surface area contributed by atoms with E-state index in [1.165, 1.54) is 16.4 Å². The standard InChI is InChI=1S/C24H26Cl2N4O3S/c25-18-2-5-20(6-3-18)34(32,33)30-14-9-17(10-15-30)24(31)29-12-1-11-27-22-8-13-28-23-16-19(26)4-7-21(22)23/h2-8,13,16-17H,1,9-12,14-15H2,(H,27,28)(H,29,31). The number of fused-ring (bicyclic) bond motifs is 1. The van der Waals surface area contributed by atoms with Crippen LogP contribution in [0.4, 0.5) is 5.69 Å². The summed E-state index contributed by atoms with van der Waals surface area (Å²) in [4.78, 5) is 17.1. The fourth-order valence-corrected chi connectivity index (χ4v) is 5.82. The summed E-state index contributed by atoms with van der Waals surface area (Å²) in [5, 5.41) is 8.50. The van der Waals surface area contributed by atoms with E-state index in [-0.39, 0.29) is 16.7 Å². The van der Waals surface area contributed by atoms with Crippen molar-refractivity contribution >= 4 is 55.7 Å². The Hall–Kier alpha value is -2.39. The van der Waals surface area contributed by atoms with Crippen molar-refractivity contribution in [3.63, 3.8) is 0 Å². The summed E-state index contributed by atoms with van der Waals surface area (Å²) in [5.41, 5.74) is 1.80. The van der Waals surface area contributed by atoms with E-state index < -0.39 is 10.0 Å². The zero-order chi connectivity index (χ0) is 24.1. The summed E-state index contributed by atoms with van der Waals surface area (Å²) in [5.74, 6) is -0.203. The van der Waals surface area contributed by atoms with Crippen LogP contribution in [0.5, 0.6) is 0 Å². The lowest BCUT2D eigenvalue weighted by molar-refractivity contribution is -0.126. The van der Waals surface area contributed by atoms with Gasteiger partial charge in [-0.25, -0.2) is 8.42 Å². The first-order chi connectivity index (χ1) is 16.3. The van der Waals surface area contributed by atoms with Gasteiger partial charge >= 0.3 is 0 Å². The molecule has 2 N–H and O–H groups in total. The predicted octanol–water partition coefficient (Wildman–Crippen LogP) is 4.56. The van der Waals surface area contributed by atoms with Crippen molar-refractivity contribution in [2.45, 2.75) is 24.2 Å². The van der Waals surface area contributed by atoms with Crippen LogP contribution in [0.15, 0.2) is 59.6 Å². The van der Waals surface area contributed by atoms with Crippen LogP contribution in [0.3, 0.4) is 0 Å². The monoisotopic (exact) mass is 520 g/mol. The van der Waals surface area contributed by atoms with Gasteiger partial charge in [0.1, 0.15) is 0 Å². The number of piperidine rings is 1. The Kier molecular flexibility index (Phi) is 7.93. The lowest BCUT2D eigenvalue weighted by atomic mass is 9.97. The highest BCUT2D eigenvalue weighted by molar-refractivity contribution is 7.89. The first kappa shape index (κ1) is 24.7. The number of hydrogen-bond acceptors (Lipinski definition) is 5. The number of nitrogens with zero attached hydrogens (tertiary/aromatic N) is 2. The SMILES string of the molecule is O=C(NCCCNc1ccnc2cc(Cl)ccc12)C1CCN(S(=O)(=O)c2ccc(Cl)cc2)CC1. The van der Waals surface area contributed by atoms with Gasteiger partial charge in [-0.05, 0) is 67.8 Å². The van der Waals surface area contributed by atoms with Crippen molar-refractivity contribution in [3.05, 3.63) is 64.8 Å². The molecule has 0 bridgehead atoms. The van der Waals surface area contributed by atoms with E-state index in [0.29, 0.717) is 49.1 Å². The minimum absolute atomic E-state index is 0.0208. The topological polar surface area (TPSA) is 91.4 Å². The van der Waals surface area contributed by atoms with E-state index in [4.69, 9.17) is 23.2 Å². The third-order valence-corrected chi connectivity index (χ3v) is 8.35. The van der Waals surface area contributed by atoms with E-state index >= 15 is 0 Å². The third kappa shape index (κ3) is 5.81. The maximum Gasteiger partial charge on any atom is 0.243 e. The van der Waals surface area contributed by atoms with Crippen LogP contribution in [0.1, 0.15) is 19.3 Å². The summed E-state index contributed by atoms with van der Waals surface area (Å²) < 4.78 is 27.0. The maximum absolute atomic E-state index is 12.8. The van der Waals surface area contributed by atoms with E-state index in [0.717, 1.165) is 23.0 Å². The molecule has 34 heavy (non-hydrogen) atoms. The number of sulfonamides is 1. The molecule has 1 amide bonds. The molecule has 2 heterocycles. The quantitative estimate of drug-likeness (QED) is 0.424. The minimum Gasteiger partial charge on any atom is -0.384 e. The molecule has 0 saturated carbocycles. The van der Waals surface area contributed by atoms with Gasteiger partial charge in [0.15, 0.2) is 0 Å². The highest BCUT2D eigenvalue weighted by Gasteiger charge is 2.31. The van der Waals surface area contributed by atoms with Crippen molar-refractivity contribution in [1.29, 1.82) is 0 Å². The molecule has 1 aliphatic heterocycles. The Labute approximate surface area is 209 Å². The predicted molar refractivity (Wildman–Crippen MR) is 136 cm³/mol. The molecule has 1 aromatic heterocycles. The number of carbonyl (C=O) groups is 1. The fraction of sp³-hybridized carbons (Fsp3) is 0.333. The number of benzene rings is 2. The highest BCUT2D eigenvalue weighted by atomic mass is 35.5. The molecule has 0 radical (unpaired) electrons. The molecule has 0 aliphatic carbocycles. The van der Waals surface area contributed by atoms with Gasteiger partial charge in [0.25, 0.3) is 0 Å². The van der Waals surface area contributed by atoms with Crippen LogP contribution >= 0.6 is 23.2 Å². The first-order valence-corrected chi connectivity index (χ1v) is 13.4. The van der Waals surface area contributed by atoms with E-state index in [9.17, 15) is 13.2 Å². The van der Waals surface area contributed by atoms with Crippen molar-refractivity contribution in [2.75, 3.05) is 31.5 Å². The van der Waals surface area contributed by atoms with Gasteiger partial charge in [0.2, 0.25) is 15.9 Å². The normalized spacial score (nSPS) is 15.4. The van der Waals surface area contributed by atoms with Crippen LogP contribution in [0, 0.1) is 5.92 Å². The average molecular weight is 521 g/mol. The van der Waals surface area contributed by atoms with Crippen molar-refractivity contribution in [1.82, 2.24) is 14.6 Å². The molecule has 0 atom stereocenters. The molecule has 180 valence electrons. The fourth-order valence-electron chi connectivity index (χ4n) is 4.06. The number of aromatic nitrogens is 1. The lowest BCUT2D eigenvalue weighted by Gasteiger charge is -2.30. The second-order valence-corrected chi connectivity index (χ2v) is 11.0. The van der Waals surface area contributed by atoms with Crippen molar-refractivity contribution in [2.24, 2.45) is 5.92 Å². The average Bonchev–Trinajstić information content (AvgIpc) is 2.84. The molecule has 0 spiro atoms. The Balaban J connectivity index is 1.20. The molecule has 4 rings (SSSR count). The largest absolute Gasteiger partial charge is 0.384 e. The van der Waals surface area contributed by atoms with Crippen LogP contribution in [-0.4, -0.2) is 49.8 Å². The number of rotatable bonds is 8. The van der Waals surface area contributed by atoms with Gasteiger partial charge in [-0.3, -0.25) is 9.78 Å². The molecule has 1 aliphatic rings. The zero-order valence-electron chi connectivity index (χ0n) is 18.5. The second kappa shape index (κ2) is 10.9. The summed E-state index contributed by atoms with van der Waals surface area (Å²) in [6.07, 6.45) is 3.50. The molecule has 10 heteroatoms. The van der Waals surface area contributed by atoms with Gasteiger partial charge in [-0.15, -0.1) is 0 Å². The van der Waals surface area contributed by atoms with Crippen LogP contribution in [0.2, 0.25) is 10.0 Å². The van der Waals surface area contributed by atoms with Gasteiger partial charge in [-0.2, -0.15) is 4.31 Å². The van der Waals surface area contributed by atoms with Gasteiger partial charge in [-0.1, -0.05) is 23.2 Å². The molecular weight excluding hydrogens is 495 g/mol. The van der Waals surface area contributed by atoms with Crippen molar-refractivity contribution < 1.29 is 13.2 Å². The second-order valence-electron chi connectivity index (χ2n) is 8.22. The van der Waals surface area contributed by atoms with E-state index in [2.05, 4.69) is 15.6 Å². The Morgan fingerprint density at radius 3 is 2.44 bits per heavy atom. The van der Waals surface area contributed by atoms with Gasteiger partial charge in [0, 0.05) is 59.4 Å². The molecule has 1 saturated heterocycles. The number of carbonyl (C=O) groups excluding carboxylic acids is 1. The Morgan fingerprint density at radius 1 is 1.00 bits per heavy atom. The number of anilines is 1. The number of halogens is 2. The summed E-state index contributed by atoms with van der Waals surface area (Å²) >= 11 is 11.9. The lowest BCUT2D eigenvalue weighted by Crippen LogP contribution is -2.43. The molecule has 0 unspecified atom stereocenters. The minimum atomic E-state index is -3.57. The Morgan fingerprint density at radius 2 is 1.71 bits per heavy atom. The van der Waals surface area contributed by atoms with E-state index in [1.54, 1.807) is 18.3 Å². The summed E-state index contributed by atoms with van der Waals surface area (Å²) in [6.45, 7) is 1.89. The molecular formula is C24H26Cl2N4O3S. The van der Waals surface area contributed by atoms with Crippen LogP contribution in [0.25, 0.3) is 10.9 Å². The number of pyridine rings is 1. The summed E-state index contributed by atoms with van der Waals surface area (Å²) in [6, 6.07) is 13.7. The first-order valence-electron chi connectivity index (χ1n) is 11.2. The molecule has 1 fully saturated rings. The molecule has 2 aromatic carbocycles. The molecule has 3 aromatic rings. The van der Waals surface area contributed by atoms with Crippen LogP contribution in [-0.2, 0) is 14.8 Å². The zero-order valence-corrected chi connectivity index (χ0v) is 20.8. The van der Waals surface area contributed by atoms with Crippen LogP contribution < -0.4 is 10.6 Å².